The van der Waals surface area contributed by atoms with Crippen molar-refractivity contribution in [3.63, 3.8) is 0 Å². The number of carbonyl (C=O) groups is 1. The number of rotatable bonds is 9. The minimum atomic E-state index is -3.89. The van der Waals surface area contributed by atoms with E-state index in [1.165, 1.54) is 7.11 Å². The summed E-state index contributed by atoms with van der Waals surface area (Å²) >= 11 is 0. The highest BCUT2D eigenvalue weighted by molar-refractivity contribution is 7.92. The second-order valence-corrected chi connectivity index (χ2v) is 10.6. The molecule has 0 aliphatic carbocycles. The summed E-state index contributed by atoms with van der Waals surface area (Å²) in [5.41, 5.74) is 2.16. The summed E-state index contributed by atoms with van der Waals surface area (Å²) in [5, 5.41) is 1.72. The number of benzene rings is 2. The van der Waals surface area contributed by atoms with Gasteiger partial charge in [0, 0.05) is 55.7 Å². The first-order chi connectivity index (χ1) is 17.2. The Morgan fingerprint density at radius 3 is 2.43 bits per heavy atom. The molecule has 1 aromatic heterocycles. The predicted molar refractivity (Wildman–Crippen MR) is 149 cm³/mol. The Hall–Kier alpha value is -2.95. The quantitative estimate of drug-likeness (QED) is 0.431. The van der Waals surface area contributed by atoms with E-state index in [-0.39, 0.29) is 29.0 Å². The third-order valence-corrected chi connectivity index (χ3v) is 8.02. The molecule has 1 saturated heterocycles. The third-order valence-electron chi connectivity index (χ3n) is 6.62. The van der Waals surface area contributed by atoms with Crippen LogP contribution < -0.4 is 14.4 Å². The fraction of sp³-hybridized carbons (Fsp3) is 0.423. The summed E-state index contributed by atoms with van der Waals surface area (Å²) in [6.07, 6.45) is 3.30. The van der Waals surface area contributed by atoms with Gasteiger partial charge in [-0.3, -0.25) is 14.4 Å². The Bertz CT molecular complexity index is 1330. The Morgan fingerprint density at radius 1 is 1.08 bits per heavy atom. The molecule has 0 unspecified atom stereocenters. The number of furan rings is 1. The van der Waals surface area contributed by atoms with E-state index >= 15 is 0 Å². The van der Waals surface area contributed by atoms with E-state index in [0.717, 1.165) is 35.1 Å². The maximum absolute atomic E-state index is 13.3. The lowest BCUT2D eigenvalue weighted by Crippen LogP contribution is -2.50. The van der Waals surface area contributed by atoms with Gasteiger partial charge >= 0.3 is 0 Å². The van der Waals surface area contributed by atoms with Gasteiger partial charge in [-0.05, 0) is 50.6 Å². The fourth-order valence-corrected chi connectivity index (χ4v) is 5.90. The SMILES string of the molecule is CCN(CC)C(=O)CN1CCN(c2cc(NS(=O)(=O)c3cc(C)ccc3OC)cc3cocc23)CC1.Cl. The minimum Gasteiger partial charge on any atom is -0.495 e. The van der Waals surface area contributed by atoms with Crippen molar-refractivity contribution < 1.29 is 22.4 Å². The van der Waals surface area contributed by atoms with Crippen molar-refractivity contribution in [3.8, 4) is 5.75 Å². The topological polar surface area (TPSA) is 95.3 Å². The first kappa shape index (κ1) is 28.6. The van der Waals surface area contributed by atoms with Gasteiger partial charge in [0.1, 0.15) is 16.9 Å². The lowest BCUT2D eigenvalue weighted by molar-refractivity contribution is -0.132. The van der Waals surface area contributed by atoms with Crippen molar-refractivity contribution in [1.29, 1.82) is 0 Å². The Kier molecular flexibility index (Phi) is 9.33. The third kappa shape index (κ3) is 6.31. The molecule has 0 atom stereocenters. The van der Waals surface area contributed by atoms with Crippen molar-refractivity contribution in [2.24, 2.45) is 0 Å². The number of likely N-dealkylation sites (N-methyl/N-ethyl adjacent to an activating group) is 1. The van der Waals surface area contributed by atoms with Crippen LogP contribution in [0.25, 0.3) is 10.8 Å². The molecule has 0 bridgehead atoms. The molecule has 0 spiro atoms. The normalized spacial score (nSPS) is 14.3. The van der Waals surface area contributed by atoms with Gasteiger partial charge in [0.05, 0.1) is 25.6 Å². The van der Waals surface area contributed by atoms with Gasteiger partial charge in [0.25, 0.3) is 10.0 Å². The number of anilines is 2. The van der Waals surface area contributed by atoms with Gasteiger partial charge < -0.3 is 19.0 Å². The lowest BCUT2D eigenvalue weighted by Gasteiger charge is -2.37. The number of piperazine rings is 1. The zero-order valence-corrected chi connectivity index (χ0v) is 23.3. The highest BCUT2D eigenvalue weighted by atomic mass is 35.5. The largest absolute Gasteiger partial charge is 0.495 e. The fourth-order valence-electron chi connectivity index (χ4n) is 4.60. The van der Waals surface area contributed by atoms with E-state index < -0.39 is 10.0 Å². The number of hydrogen-bond donors (Lipinski definition) is 1. The summed E-state index contributed by atoms with van der Waals surface area (Å²) in [5.74, 6) is 0.432. The van der Waals surface area contributed by atoms with Crippen molar-refractivity contribution in [2.45, 2.75) is 25.7 Å². The summed E-state index contributed by atoms with van der Waals surface area (Å²) in [7, 11) is -2.43. The highest BCUT2D eigenvalue weighted by Gasteiger charge is 2.24. The van der Waals surface area contributed by atoms with Crippen LogP contribution in [0.4, 0.5) is 11.4 Å². The average molecular weight is 551 g/mol. The van der Waals surface area contributed by atoms with Crippen molar-refractivity contribution in [2.75, 3.05) is 62.5 Å². The molecule has 1 aliphatic rings. The standard InChI is InChI=1S/C26H34N4O5S.ClH/c1-5-29(6-2)26(31)16-28-9-11-30(12-10-28)23-15-21(14-20-17-35-18-22(20)23)27-36(32,33)25-13-19(3)7-8-24(25)34-4;/h7-8,13-15,17-18,27H,5-6,9-12,16H2,1-4H3;1H. The monoisotopic (exact) mass is 550 g/mol. The van der Waals surface area contributed by atoms with E-state index in [1.54, 1.807) is 30.7 Å². The van der Waals surface area contributed by atoms with Gasteiger partial charge in [-0.15, -0.1) is 12.4 Å². The van der Waals surface area contributed by atoms with Crippen LogP contribution in [-0.2, 0) is 14.8 Å². The molecule has 1 N–H and O–H groups in total. The first-order valence-electron chi connectivity index (χ1n) is 12.2. The number of aryl methyl sites for hydroxylation is 1. The number of amides is 1. The maximum Gasteiger partial charge on any atom is 0.265 e. The minimum absolute atomic E-state index is 0. The molecular formula is C26H35ClN4O5S. The second-order valence-electron chi connectivity index (χ2n) is 8.96. The van der Waals surface area contributed by atoms with Crippen LogP contribution in [0, 0.1) is 6.92 Å². The molecule has 202 valence electrons. The zero-order valence-electron chi connectivity index (χ0n) is 21.7. The molecule has 2 heterocycles. The van der Waals surface area contributed by atoms with Gasteiger partial charge in [0.2, 0.25) is 5.91 Å². The number of nitrogens with one attached hydrogen (secondary N) is 1. The number of ether oxygens (including phenoxy) is 1. The Morgan fingerprint density at radius 2 is 1.78 bits per heavy atom. The van der Waals surface area contributed by atoms with Crippen LogP contribution in [0.5, 0.6) is 5.75 Å². The summed E-state index contributed by atoms with van der Waals surface area (Å²) in [6, 6.07) is 8.66. The first-order valence-corrected chi connectivity index (χ1v) is 13.7. The maximum atomic E-state index is 13.3. The van der Waals surface area contributed by atoms with E-state index in [4.69, 9.17) is 9.15 Å². The summed E-state index contributed by atoms with van der Waals surface area (Å²) < 4.78 is 40.0. The van der Waals surface area contributed by atoms with Crippen LogP contribution in [0.1, 0.15) is 19.4 Å². The van der Waals surface area contributed by atoms with E-state index in [2.05, 4.69) is 14.5 Å². The zero-order chi connectivity index (χ0) is 25.9. The van der Waals surface area contributed by atoms with Crippen molar-refractivity contribution in [3.05, 3.63) is 48.4 Å². The number of hydrogen-bond acceptors (Lipinski definition) is 7. The average Bonchev–Trinajstić information content (AvgIpc) is 3.33. The van der Waals surface area contributed by atoms with E-state index in [1.807, 2.05) is 37.8 Å². The van der Waals surface area contributed by atoms with Crippen molar-refractivity contribution in [1.82, 2.24) is 9.80 Å². The van der Waals surface area contributed by atoms with Gasteiger partial charge in [-0.2, -0.15) is 0 Å². The predicted octanol–water partition coefficient (Wildman–Crippen LogP) is 3.96. The smallest absolute Gasteiger partial charge is 0.265 e. The van der Waals surface area contributed by atoms with E-state index in [9.17, 15) is 13.2 Å². The van der Waals surface area contributed by atoms with Gasteiger partial charge in [-0.25, -0.2) is 8.42 Å². The van der Waals surface area contributed by atoms with Crippen molar-refractivity contribution >= 4 is 50.5 Å². The van der Waals surface area contributed by atoms with Crippen LogP contribution in [-0.4, -0.2) is 77.0 Å². The lowest BCUT2D eigenvalue weighted by atomic mass is 10.1. The molecule has 1 amide bonds. The van der Waals surface area contributed by atoms with E-state index in [0.29, 0.717) is 38.4 Å². The van der Waals surface area contributed by atoms with Crippen LogP contribution in [0.15, 0.2) is 52.2 Å². The molecular weight excluding hydrogens is 516 g/mol. The number of methoxy groups -OCH3 is 1. The molecule has 11 heteroatoms. The Balaban J connectivity index is 0.00000380. The number of fused-ring (bicyclic) bond motifs is 1. The highest BCUT2D eigenvalue weighted by Crippen LogP contribution is 2.34. The molecule has 2 aromatic carbocycles. The molecule has 1 fully saturated rings. The van der Waals surface area contributed by atoms with Crippen LogP contribution in [0.2, 0.25) is 0 Å². The molecule has 3 aromatic rings. The van der Waals surface area contributed by atoms with Crippen LogP contribution in [0.3, 0.4) is 0 Å². The molecule has 9 nitrogen and oxygen atoms in total. The molecule has 1 aliphatic heterocycles. The van der Waals surface area contributed by atoms with Gasteiger partial charge in [0.15, 0.2) is 0 Å². The number of carbonyl (C=O) groups excluding carboxylic acids is 1. The van der Waals surface area contributed by atoms with Crippen LogP contribution >= 0.6 is 12.4 Å². The number of sulfonamides is 1. The molecule has 0 radical (unpaired) electrons. The van der Waals surface area contributed by atoms with Gasteiger partial charge in [-0.1, -0.05) is 6.07 Å². The number of nitrogens with zero attached hydrogens (tertiary/aromatic N) is 3. The number of halogens is 1. The molecule has 37 heavy (non-hydrogen) atoms. The summed E-state index contributed by atoms with van der Waals surface area (Å²) in [4.78, 5) is 18.8. The summed E-state index contributed by atoms with van der Waals surface area (Å²) in [6.45, 7) is 10.6. The molecule has 0 saturated carbocycles. The Labute approximate surface area is 224 Å². The molecule has 4 rings (SSSR count). The second kappa shape index (κ2) is 12.1.